The lowest BCUT2D eigenvalue weighted by molar-refractivity contribution is 0.0955. The fourth-order valence-electron chi connectivity index (χ4n) is 2.56. The number of aryl methyl sites for hydroxylation is 1. The van der Waals surface area contributed by atoms with Crippen LogP contribution < -0.4 is 10.9 Å². The summed E-state index contributed by atoms with van der Waals surface area (Å²) in [5.74, 6) is 0.592. The van der Waals surface area contributed by atoms with Crippen LogP contribution >= 0.6 is 0 Å². The van der Waals surface area contributed by atoms with Crippen molar-refractivity contribution < 1.29 is 4.74 Å². The molecular weight excluding hydrogens is 252 g/mol. The number of aromatic nitrogens is 1. The molecule has 1 aromatic rings. The van der Waals surface area contributed by atoms with Gasteiger partial charge in [-0.15, -0.1) is 0 Å². The van der Waals surface area contributed by atoms with Gasteiger partial charge in [0.05, 0.1) is 12.6 Å². The van der Waals surface area contributed by atoms with Gasteiger partial charge in [-0.1, -0.05) is 19.9 Å². The first-order valence-corrected chi connectivity index (χ1v) is 7.59. The molecule has 4 heteroatoms. The van der Waals surface area contributed by atoms with Gasteiger partial charge in [-0.2, -0.15) is 0 Å². The highest BCUT2D eigenvalue weighted by Crippen LogP contribution is 2.14. The minimum Gasteiger partial charge on any atom is -0.376 e. The third kappa shape index (κ3) is 3.93. The number of nitrogens with zero attached hydrogens (tertiary/aromatic N) is 1. The van der Waals surface area contributed by atoms with E-state index in [1.807, 2.05) is 23.6 Å². The van der Waals surface area contributed by atoms with Crippen molar-refractivity contribution in [2.45, 2.75) is 52.8 Å². The molecule has 0 aliphatic carbocycles. The summed E-state index contributed by atoms with van der Waals surface area (Å²) >= 11 is 0. The lowest BCUT2D eigenvalue weighted by Crippen LogP contribution is -2.32. The topological polar surface area (TPSA) is 43.3 Å². The van der Waals surface area contributed by atoms with Crippen molar-refractivity contribution in [3.8, 4) is 0 Å². The zero-order valence-corrected chi connectivity index (χ0v) is 12.8. The van der Waals surface area contributed by atoms with Crippen LogP contribution in [0.4, 0.5) is 0 Å². The van der Waals surface area contributed by atoms with Crippen LogP contribution in [0.1, 0.15) is 37.9 Å². The summed E-state index contributed by atoms with van der Waals surface area (Å²) in [4.78, 5) is 12.5. The maximum atomic E-state index is 12.5. The van der Waals surface area contributed by atoms with E-state index in [0.29, 0.717) is 19.0 Å². The summed E-state index contributed by atoms with van der Waals surface area (Å²) in [7, 11) is 0. The van der Waals surface area contributed by atoms with E-state index in [1.54, 1.807) is 0 Å². The quantitative estimate of drug-likeness (QED) is 0.866. The molecule has 1 N–H and O–H groups in total. The number of rotatable bonds is 6. The Labute approximate surface area is 121 Å². The molecule has 1 aliphatic rings. The summed E-state index contributed by atoms with van der Waals surface area (Å²) in [6.07, 6.45) is 2.36. The number of pyridine rings is 1. The number of ether oxygens (including phenoxy) is 1. The predicted molar refractivity (Wildman–Crippen MR) is 81.0 cm³/mol. The molecular formula is C16H26N2O2. The smallest absolute Gasteiger partial charge is 0.255 e. The van der Waals surface area contributed by atoms with Crippen LogP contribution in [0.25, 0.3) is 0 Å². The summed E-state index contributed by atoms with van der Waals surface area (Å²) in [5, 5.41) is 3.34. The lowest BCUT2D eigenvalue weighted by atomic mass is 10.2. The Balaban J connectivity index is 2.08. The number of nitrogens with one attached hydrogen (secondary N) is 1. The number of hydrogen-bond acceptors (Lipinski definition) is 3. The van der Waals surface area contributed by atoms with Gasteiger partial charge in [0.2, 0.25) is 0 Å². The van der Waals surface area contributed by atoms with Crippen LogP contribution in [-0.4, -0.2) is 23.8 Å². The molecule has 1 aromatic heterocycles. The fraction of sp³-hybridized carbons (Fsp3) is 0.688. The van der Waals surface area contributed by atoms with E-state index < -0.39 is 0 Å². The van der Waals surface area contributed by atoms with Crippen LogP contribution in [0.5, 0.6) is 0 Å². The Bertz CT molecular complexity index is 488. The van der Waals surface area contributed by atoms with Gasteiger partial charge < -0.3 is 14.6 Å². The molecule has 1 atom stereocenters. The highest BCUT2D eigenvalue weighted by atomic mass is 16.5. The second kappa shape index (κ2) is 7.04. The van der Waals surface area contributed by atoms with Crippen molar-refractivity contribution in [2.24, 2.45) is 5.92 Å². The van der Waals surface area contributed by atoms with Crippen LogP contribution in [0.15, 0.2) is 16.9 Å². The van der Waals surface area contributed by atoms with Gasteiger partial charge >= 0.3 is 0 Å². The molecule has 4 nitrogen and oxygen atoms in total. The highest BCUT2D eigenvalue weighted by molar-refractivity contribution is 5.15. The first-order valence-electron chi connectivity index (χ1n) is 7.59. The fourth-order valence-corrected chi connectivity index (χ4v) is 2.56. The molecule has 1 saturated heterocycles. The molecule has 1 aliphatic heterocycles. The Morgan fingerprint density at radius 3 is 2.90 bits per heavy atom. The van der Waals surface area contributed by atoms with Gasteiger partial charge in [0, 0.05) is 24.4 Å². The average molecular weight is 278 g/mol. The Morgan fingerprint density at radius 2 is 2.25 bits per heavy atom. The maximum absolute atomic E-state index is 12.5. The van der Waals surface area contributed by atoms with Crippen LogP contribution in [-0.2, 0) is 17.8 Å². The minimum atomic E-state index is 0.122. The van der Waals surface area contributed by atoms with Crippen molar-refractivity contribution >= 4 is 0 Å². The van der Waals surface area contributed by atoms with Gasteiger partial charge in [-0.05, 0) is 38.3 Å². The lowest BCUT2D eigenvalue weighted by Gasteiger charge is -2.16. The standard InChI is InChI=1S/C16H26N2O2/c1-12(2)9-17-10-14-7-6-13(3)18(16(14)19)11-15-5-4-8-20-15/h6-7,12,15,17H,4-5,8-11H2,1-3H3. The number of hydrogen-bond donors (Lipinski definition) is 1. The Kier molecular flexibility index (Phi) is 5.38. The van der Waals surface area contributed by atoms with Gasteiger partial charge in [0.25, 0.3) is 5.56 Å². The van der Waals surface area contributed by atoms with Crippen molar-refractivity contribution in [2.75, 3.05) is 13.2 Å². The normalized spacial score (nSPS) is 18.9. The van der Waals surface area contributed by atoms with E-state index in [9.17, 15) is 4.79 Å². The molecule has 0 radical (unpaired) electrons. The monoisotopic (exact) mass is 278 g/mol. The molecule has 2 heterocycles. The Hall–Kier alpha value is -1.13. The van der Waals surface area contributed by atoms with Gasteiger partial charge in [0.1, 0.15) is 0 Å². The van der Waals surface area contributed by atoms with E-state index in [4.69, 9.17) is 4.74 Å². The van der Waals surface area contributed by atoms with E-state index in [0.717, 1.165) is 37.3 Å². The average Bonchev–Trinajstić information content (AvgIpc) is 2.90. The van der Waals surface area contributed by atoms with Crippen LogP contribution in [0.3, 0.4) is 0 Å². The van der Waals surface area contributed by atoms with Gasteiger partial charge in [0.15, 0.2) is 0 Å². The van der Waals surface area contributed by atoms with Crippen molar-refractivity contribution in [1.82, 2.24) is 9.88 Å². The van der Waals surface area contributed by atoms with E-state index >= 15 is 0 Å². The van der Waals surface area contributed by atoms with E-state index in [-0.39, 0.29) is 11.7 Å². The first kappa shape index (κ1) is 15.3. The van der Waals surface area contributed by atoms with E-state index in [2.05, 4.69) is 19.2 Å². The summed E-state index contributed by atoms with van der Waals surface area (Å²) in [6.45, 7) is 9.40. The molecule has 1 unspecified atom stereocenters. The molecule has 0 amide bonds. The second-order valence-electron chi connectivity index (χ2n) is 6.08. The molecule has 0 saturated carbocycles. The van der Waals surface area contributed by atoms with E-state index in [1.165, 1.54) is 0 Å². The zero-order chi connectivity index (χ0) is 14.5. The second-order valence-corrected chi connectivity index (χ2v) is 6.08. The molecule has 0 aromatic carbocycles. The third-order valence-corrected chi connectivity index (χ3v) is 3.75. The van der Waals surface area contributed by atoms with Crippen LogP contribution in [0.2, 0.25) is 0 Å². The van der Waals surface area contributed by atoms with Crippen molar-refractivity contribution in [3.05, 3.63) is 33.7 Å². The highest BCUT2D eigenvalue weighted by Gasteiger charge is 2.18. The van der Waals surface area contributed by atoms with Crippen LogP contribution in [0, 0.1) is 12.8 Å². The predicted octanol–water partition coefficient (Wildman–Crippen LogP) is 2.08. The first-order chi connectivity index (χ1) is 9.58. The van der Waals surface area contributed by atoms with Crippen molar-refractivity contribution in [3.63, 3.8) is 0 Å². The maximum Gasteiger partial charge on any atom is 0.255 e. The molecule has 0 spiro atoms. The SMILES string of the molecule is Cc1ccc(CNCC(C)C)c(=O)n1CC1CCCO1. The van der Waals surface area contributed by atoms with Gasteiger partial charge in [-0.3, -0.25) is 4.79 Å². The van der Waals surface area contributed by atoms with Gasteiger partial charge in [-0.25, -0.2) is 0 Å². The molecule has 20 heavy (non-hydrogen) atoms. The third-order valence-electron chi connectivity index (χ3n) is 3.75. The minimum absolute atomic E-state index is 0.122. The zero-order valence-electron chi connectivity index (χ0n) is 12.8. The summed E-state index contributed by atoms with van der Waals surface area (Å²) in [6, 6.07) is 3.97. The van der Waals surface area contributed by atoms with Crippen molar-refractivity contribution in [1.29, 1.82) is 0 Å². The largest absolute Gasteiger partial charge is 0.376 e. The molecule has 1 fully saturated rings. The molecule has 2 rings (SSSR count). The summed E-state index contributed by atoms with van der Waals surface area (Å²) in [5.41, 5.74) is 1.98. The Morgan fingerprint density at radius 1 is 1.45 bits per heavy atom. The molecule has 0 bridgehead atoms. The molecule has 112 valence electrons. The summed E-state index contributed by atoms with van der Waals surface area (Å²) < 4.78 is 7.51.